The normalized spacial score (nSPS) is 12.0. The van der Waals surface area contributed by atoms with Gasteiger partial charge in [0, 0.05) is 28.6 Å². The van der Waals surface area contributed by atoms with Gasteiger partial charge in [0.2, 0.25) is 5.78 Å². The molecule has 0 saturated heterocycles. The van der Waals surface area contributed by atoms with Crippen molar-refractivity contribution in [1.82, 2.24) is 4.57 Å². The third-order valence-corrected chi connectivity index (χ3v) is 4.26. The number of alkyl halides is 3. The van der Waals surface area contributed by atoms with E-state index in [1.54, 1.807) is 13.0 Å². The molecule has 146 valence electrons. The Morgan fingerprint density at radius 1 is 1.29 bits per heavy atom. The zero-order valence-corrected chi connectivity index (χ0v) is 15.3. The Hall–Kier alpha value is -3.41. The van der Waals surface area contributed by atoms with Crippen LogP contribution in [-0.4, -0.2) is 21.4 Å². The molecule has 2 aromatic rings. The van der Waals surface area contributed by atoms with Gasteiger partial charge in [-0.1, -0.05) is 12.1 Å². The van der Waals surface area contributed by atoms with Crippen LogP contribution in [0.15, 0.2) is 29.8 Å². The summed E-state index contributed by atoms with van der Waals surface area (Å²) >= 11 is 0. The van der Waals surface area contributed by atoms with Crippen LogP contribution in [0.4, 0.5) is 18.9 Å². The van der Waals surface area contributed by atoms with Crippen molar-refractivity contribution in [2.45, 2.75) is 33.5 Å². The smallest absolute Gasteiger partial charge is 0.339 e. The summed E-state index contributed by atoms with van der Waals surface area (Å²) < 4.78 is 39.2. The molecule has 0 aliphatic carbocycles. The molecule has 0 radical (unpaired) electrons. The molecule has 0 amide bonds. The summed E-state index contributed by atoms with van der Waals surface area (Å²) in [6.07, 6.45) is -3.27. The Kier molecular flexibility index (Phi) is 5.73. The number of aryl methyl sites for hydroxylation is 2. The lowest BCUT2D eigenvalue weighted by Gasteiger charge is -2.12. The van der Waals surface area contributed by atoms with E-state index >= 15 is 0 Å². The molecule has 2 rings (SSSR count). The van der Waals surface area contributed by atoms with E-state index in [0.717, 1.165) is 4.57 Å². The molecule has 0 saturated carbocycles. The van der Waals surface area contributed by atoms with Gasteiger partial charge in [-0.3, -0.25) is 14.9 Å². The van der Waals surface area contributed by atoms with E-state index in [1.807, 2.05) is 0 Å². The summed E-state index contributed by atoms with van der Waals surface area (Å²) in [4.78, 5) is 23.2. The second kappa shape index (κ2) is 7.68. The Balaban J connectivity index is 2.46. The predicted octanol–water partition coefficient (Wildman–Crippen LogP) is 4.67. The highest BCUT2D eigenvalue weighted by molar-refractivity contribution is 6.14. The van der Waals surface area contributed by atoms with Crippen molar-refractivity contribution in [2.75, 3.05) is 0 Å². The lowest BCUT2D eigenvalue weighted by Crippen LogP contribution is -2.19. The molecule has 0 atom stereocenters. The van der Waals surface area contributed by atoms with Crippen molar-refractivity contribution in [3.05, 3.63) is 68.0 Å². The Morgan fingerprint density at radius 3 is 2.46 bits per heavy atom. The molecule has 0 aliphatic heterocycles. The number of Topliss-reactive ketones (excluding diaryl/α,β-unsaturated/α-hetero) is 1. The Morgan fingerprint density at radius 2 is 1.93 bits per heavy atom. The lowest BCUT2D eigenvalue weighted by atomic mass is 10.0. The number of nitro benzene ring substituents is 1. The molecule has 1 heterocycles. The fourth-order valence-electron chi connectivity index (χ4n) is 2.83. The van der Waals surface area contributed by atoms with E-state index in [9.17, 15) is 33.3 Å². The molecular weight excluding hydrogens is 375 g/mol. The highest BCUT2D eigenvalue weighted by atomic mass is 19.4. The standard InChI is InChI=1S/C19H16F3N3O3/c1-11-4-5-14(8-17(11)25(27)28)7-15(9-23)18(26)16-6-12(2)24(13(16)3)10-19(20,21)22/h4-8H,10H2,1-3H3/b15-7+. The van der Waals surface area contributed by atoms with Gasteiger partial charge in [-0.05, 0) is 38.5 Å². The number of halogens is 3. The maximum Gasteiger partial charge on any atom is 0.406 e. The number of aromatic nitrogens is 1. The van der Waals surface area contributed by atoms with Gasteiger partial charge in [0.05, 0.1) is 4.92 Å². The summed E-state index contributed by atoms with van der Waals surface area (Å²) in [5, 5.41) is 20.4. The molecule has 0 unspecified atom stereocenters. The van der Waals surface area contributed by atoms with Crippen molar-refractivity contribution < 1.29 is 22.9 Å². The average Bonchev–Trinajstić information content (AvgIpc) is 2.87. The number of nitro groups is 1. The van der Waals surface area contributed by atoms with Crippen LogP contribution in [0, 0.1) is 42.2 Å². The molecule has 6 nitrogen and oxygen atoms in total. The Bertz CT molecular complexity index is 1030. The Labute approximate surface area is 158 Å². The van der Waals surface area contributed by atoms with Crippen LogP contribution in [-0.2, 0) is 6.54 Å². The highest BCUT2D eigenvalue weighted by Gasteiger charge is 2.30. The van der Waals surface area contributed by atoms with Crippen LogP contribution >= 0.6 is 0 Å². The third-order valence-electron chi connectivity index (χ3n) is 4.26. The van der Waals surface area contributed by atoms with E-state index in [2.05, 4.69) is 0 Å². The molecule has 0 bridgehead atoms. The number of nitriles is 1. The second-order valence-corrected chi connectivity index (χ2v) is 6.29. The summed E-state index contributed by atoms with van der Waals surface area (Å²) in [6.45, 7) is 3.12. The molecule has 1 aromatic carbocycles. The van der Waals surface area contributed by atoms with Gasteiger partial charge in [0.1, 0.15) is 18.2 Å². The average molecular weight is 391 g/mol. The lowest BCUT2D eigenvalue weighted by molar-refractivity contribution is -0.385. The summed E-state index contributed by atoms with van der Waals surface area (Å²) in [6, 6.07) is 7.25. The first kappa shape index (κ1) is 20.9. The molecule has 0 fully saturated rings. The van der Waals surface area contributed by atoms with Gasteiger partial charge in [-0.2, -0.15) is 18.4 Å². The van der Waals surface area contributed by atoms with Crippen LogP contribution < -0.4 is 0 Å². The topological polar surface area (TPSA) is 88.9 Å². The molecule has 1 aromatic heterocycles. The maximum absolute atomic E-state index is 12.7. The van der Waals surface area contributed by atoms with E-state index in [1.165, 1.54) is 44.2 Å². The van der Waals surface area contributed by atoms with Crippen molar-refractivity contribution >= 4 is 17.5 Å². The predicted molar refractivity (Wildman–Crippen MR) is 95.7 cm³/mol. The molecule has 0 aliphatic rings. The van der Waals surface area contributed by atoms with Gasteiger partial charge in [-0.15, -0.1) is 0 Å². The van der Waals surface area contributed by atoms with Gasteiger partial charge in [0.25, 0.3) is 5.69 Å². The summed E-state index contributed by atoms with van der Waals surface area (Å²) in [5.74, 6) is -0.743. The fraction of sp³-hybridized carbons (Fsp3) is 0.263. The molecule has 28 heavy (non-hydrogen) atoms. The molecular formula is C19H16F3N3O3. The van der Waals surface area contributed by atoms with Crippen LogP contribution in [0.2, 0.25) is 0 Å². The first-order valence-electron chi connectivity index (χ1n) is 8.09. The van der Waals surface area contributed by atoms with Gasteiger partial charge < -0.3 is 4.57 Å². The summed E-state index contributed by atoms with van der Waals surface area (Å²) in [7, 11) is 0. The SMILES string of the molecule is Cc1ccc(/C=C(\C#N)C(=O)c2cc(C)n(CC(F)(F)F)c2C)cc1[N+](=O)[O-]. The van der Waals surface area contributed by atoms with E-state index in [0.29, 0.717) is 5.56 Å². The van der Waals surface area contributed by atoms with E-state index < -0.39 is 23.4 Å². The zero-order chi connectivity index (χ0) is 21.2. The third kappa shape index (κ3) is 4.46. The van der Waals surface area contributed by atoms with Gasteiger partial charge in [0.15, 0.2) is 0 Å². The minimum Gasteiger partial charge on any atom is -0.339 e. The second-order valence-electron chi connectivity index (χ2n) is 6.29. The van der Waals surface area contributed by atoms with Gasteiger partial charge in [-0.25, -0.2) is 0 Å². The largest absolute Gasteiger partial charge is 0.406 e. The minimum absolute atomic E-state index is 0.0174. The van der Waals surface area contributed by atoms with Crippen molar-refractivity contribution in [1.29, 1.82) is 5.26 Å². The number of allylic oxidation sites excluding steroid dienone is 1. The molecule has 0 N–H and O–H groups in total. The van der Waals surface area contributed by atoms with Crippen LogP contribution in [0.5, 0.6) is 0 Å². The first-order valence-corrected chi connectivity index (χ1v) is 8.09. The maximum atomic E-state index is 12.7. The van der Waals surface area contributed by atoms with Crippen LogP contribution in [0.3, 0.4) is 0 Å². The zero-order valence-electron chi connectivity index (χ0n) is 15.3. The molecule has 9 heteroatoms. The number of hydrogen-bond donors (Lipinski definition) is 0. The number of rotatable bonds is 5. The quantitative estimate of drug-likeness (QED) is 0.243. The van der Waals surface area contributed by atoms with Crippen LogP contribution in [0.1, 0.15) is 32.9 Å². The van der Waals surface area contributed by atoms with Crippen molar-refractivity contribution in [2.24, 2.45) is 0 Å². The number of carbonyl (C=O) groups excluding carboxylic acids is 1. The number of carbonyl (C=O) groups is 1. The van der Waals surface area contributed by atoms with Crippen molar-refractivity contribution in [3.8, 4) is 6.07 Å². The van der Waals surface area contributed by atoms with E-state index in [4.69, 9.17) is 0 Å². The van der Waals surface area contributed by atoms with Gasteiger partial charge >= 0.3 is 6.18 Å². The highest BCUT2D eigenvalue weighted by Crippen LogP contribution is 2.26. The monoisotopic (exact) mass is 391 g/mol. The fourth-order valence-corrected chi connectivity index (χ4v) is 2.83. The van der Waals surface area contributed by atoms with Crippen molar-refractivity contribution in [3.63, 3.8) is 0 Å². The molecule has 0 spiro atoms. The van der Waals surface area contributed by atoms with E-state index in [-0.39, 0.29) is 33.8 Å². The van der Waals surface area contributed by atoms with Crippen LogP contribution in [0.25, 0.3) is 6.08 Å². The summed E-state index contributed by atoms with van der Waals surface area (Å²) in [5.41, 5.74) is 0.509. The number of nitrogens with zero attached hydrogens (tertiary/aromatic N) is 3. The first-order chi connectivity index (χ1) is 12.9. The number of ketones is 1. The minimum atomic E-state index is -4.45. The number of hydrogen-bond acceptors (Lipinski definition) is 4. The number of benzene rings is 1.